The van der Waals surface area contributed by atoms with Crippen LogP contribution in [0.4, 0.5) is 17.1 Å². The Morgan fingerprint density at radius 2 is 1.19 bits per heavy atom. The predicted octanol–water partition coefficient (Wildman–Crippen LogP) is 3.82. The van der Waals surface area contributed by atoms with Crippen molar-refractivity contribution in [2.24, 2.45) is 0 Å². The van der Waals surface area contributed by atoms with Crippen LogP contribution in [0.25, 0.3) is 0 Å². The second-order valence-electron chi connectivity index (χ2n) is 4.38. The Morgan fingerprint density at radius 3 is 1.62 bits per heavy atom. The highest BCUT2D eigenvalue weighted by Gasteiger charge is 2.12. The summed E-state index contributed by atoms with van der Waals surface area (Å²) in [6, 6.07) is 21.9. The van der Waals surface area contributed by atoms with Crippen molar-refractivity contribution in [3.05, 3.63) is 78.9 Å². The first-order valence-electron chi connectivity index (χ1n) is 6.51. The number of anilines is 3. The molecule has 0 unspecified atom stereocenters. The summed E-state index contributed by atoms with van der Waals surface area (Å²) < 4.78 is 0. The summed E-state index contributed by atoms with van der Waals surface area (Å²) in [6.45, 7) is 0. The Morgan fingerprint density at radius 1 is 0.714 bits per heavy atom. The van der Waals surface area contributed by atoms with Gasteiger partial charge in [0.25, 0.3) is 0 Å². The van der Waals surface area contributed by atoms with Gasteiger partial charge >= 0.3 is 0 Å². The van der Waals surface area contributed by atoms with Gasteiger partial charge in [-0.25, -0.2) is 9.97 Å². The third kappa shape index (κ3) is 2.72. The number of rotatable bonds is 3. The summed E-state index contributed by atoms with van der Waals surface area (Å²) in [4.78, 5) is 10.2. The van der Waals surface area contributed by atoms with Gasteiger partial charge in [0.05, 0.1) is 18.1 Å². The van der Waals surface area contributed by atoms with Crippen molar-refractivity contribution in [3.8, 4) is 6.07 Å². The third-order valence-corrected chi connectivity index (χ3v) is 3.03. The molecule has 0 saturated heterocycles. The van der Waals surface area contributed by atoms with Gasteiger partial charge in [-0.1, -0.05) is 36.4 Å². The van der Waals surface area contributed by atoms with E-state index in [1.54, 1.807) is 12.4 Å². The summed E-state index contributed by atoms with van der Waals surface area (Å²) in [5.74, 6) is 0.167. The van der Waals surface area contributed by atoms with Crippen molar-refractivity contribution in [1.29, 1.82) is 5.26 Å². The molecular formula is C17H12N4. The molecule has 0 bridgehead atoms. The fourth-order valence-electron chi connectivity index (χ4n) is 2.10. The molecule has 0 atom stereocenters. The highest BCUT2D eigenvalue weighted by molar-refractivity contribution is 5.75. The zero-order valence-corrected chi connectivity index (χ0v) is 11.2. The molecule has 21 heavy (non-hydrogen) atoms. The van der Waals surface area contributed by atoms with E-state index in [-0.39, 0.29) is 5.82 Å². The molecule has 100 valence electrons. The molecule has 0 saturated carbocycles. The van der Waals surface area contributed by atoms with Gasteiger partial charge in [-0.2, -0.15) is 5.26 Å². The third-order valence-electron chi connectivity index (χ3n) is 3.03. The van der Waals surface area contributed by atoms with Gasteiger partial charge in [-0.15, -0.1) is 0 Å². The number of benzene rings is 2. The topological polar surface area (TPSA) is 52.8 Å². The van der Waals surface area contributed by atoms with E-state index in [2.05, 4.69) is 9.97 Å². The molecule has 0 radical (unpaired) electrons. The molecule has 0 aliphatic heterocycles. The standard InChI is InChI=1S/C17H12N4/c18-11-17-19-12-16(13-20-17)21(14-7-3-1-4-8-14)15-9-5-2-6-10-15/h1-10,12-13H. The van der Waals surface area contributed by atoms with Crippen molar-refractivity contribution in [1.82, 2.24) is 9.97 Å². The molecule has 0 fully saturated rings. The van der Waals surface area contributed by atoms with Crippen LogP contribution in [0.15, 0.2) is 73.1 Å². The Bertz CT molecular complexity index is 707. The van der Waals surface area contributed by atoms with Gasteiger partial charge in [0.15, 0.2) is 0 Å². The molecule has 0 aliphatic carbocycles. The molecule has 1 aromatic heterocycles. The second kappa shape index (κ2) is 5.85. The first-order chi connectivity index (χ1) is 10.4. The summed E-state index contributed by atoms with van der Waals surface area (Å²) in [5, 5.41) is 8.81. The minimum absolute atomic E-state index is 0.167. The lowest BCUT2D eigenvalue weighted by molar-refractivity contribution is 1.09. The maximum Gasteiger partial charge on any atom is 0.232 e. The SMILES string of the molecule is N#Cc1ncc(N(c2ccccc2)c2ccccc2)cn1. The van der Waals surface area contributed by atoms with E-state index in [1.807, 2.05) is 71.6 Å². The van der Waals surface area contributed by atoms with E-state index in [0.717, 1.165) is 17.1 Å². The van der Waals surface area contributed by atoms with Crippen LogP contribution in [-0.4, -0.2) is 9.97 Å². The van der Waals surface area contributed by atoms with Crippen molar-refractivity contribution >= 4 is 17.1 Å². The number of hydrogen-bond acceptors (Lipinski definition) is 4. The molecule has 1 heterocycles. The quantitative estimate of drug-likeness (QED) is 0.727. The second-order valence-corrected chi connectivity index (χ2v) is 4.38. The molecule has 0 spiro atoms. The smallest absolute Gasteiger partial charge is 0.232 e. The van der Waals surface area contributed by atoms with E-state index < -0.39 is 0 Å². The fourth-order valence-corrected chi connectivity index (χ4v) is 2.10. The molecule has 3 aromatic rings. The molecule has 3 rings (SSSR count). The average molecular weight is 272 g/mol. The maximum atomic E-state index is 8.81. The summed E-state index contributed by atoms with van der Waals surface area (Å²) >= 11 is 0. The Balaban J connectivity index is 2.10. The number of para-hydroxylation sites is 2. The number of hydrogen-bond donors (Lipinski definition) is 0. The Hall–Kier alpha value is -3.19. The first kappa shape index (κ1) is 12.8. The van der Waals surface area contributed by atoms with Crippen LogP contribution in [0.1, 0.15) is 5.82 Å². The minimum atomic E-state index is 0.167. The van der Waals surface area contributed by atoms with Gasteiger partial charge in [-0.05, 0) is 24.3 Å². The number of aromatic nitrogens is 2. The van der Waals surface area contributed by atoms with E-state index in [4.69, 9.17) is 5.26 Å². The van der Waals surface area contributed by atoms with E-state index in [0.29, 0.717) is 0 Å². The van der Waals surface area contributed by atoms with Crippen molar-refractivity contribution in [3.63, 3.8) is 0 Å². The lowest BCUT2D eigenvalue weighted by Crippen LogP contribution is -2.10. The van der Waals surface area contributed by atoms with E-state index in [1.165, 1.54) is 0 Å². The zero-order valence-electron chi connectivity index (χ0n) is 11.2. The predicted molar refractivity (Wildman–Crippen MR) is 81.4 cm³/mol. The van der Waals surface area contributed by atoms with Crippen LogP contribution in [0.2, 0.25) is 0 Å². The maximum absolute atomic E-state index is 8.81. The highest BCUT2D eigenvalue weighted by Crippen LogP contribution is 2.32. The zero-order chi connectivity index (χ0) is 14.5. The van der Waals surface area contributed by atoms with Gasteiger partial charge in [0, 0.05) is 11.4 Å². The minimum Gasteiger partial charge on any atom is -0.308 e. The normalized spacial score (nSPS) is 9.86. The largest absolute Gasteiger partial charge is 0.308 e. The molecule has 0 amide bonds. The van der Waals surface area contributed by atoms with Crippen LogP contribution < -0.4 is 4.90 Å². The number of nitrogens with zero attached hydrogens (tertiary/aromatic N) is 4. The molecular weight excluding hydrogens is 260 g/mol. The molecule has 2 aromatic carbocycles. The average Bonchev–Trinajstić information content (AvgIpc) is 2.58. The lowest BCUT2D eigenvalue weighted by atomic mass is 10.2. The summed E-state index contributed by atoms with van der Waals surface area (Å²) in [5.41, 5.74) is 2.83. The summed E-state index contributed by atoms with van der Waals surface area (Å²) in [7, 11) is 0. The fraction of sp³-hybridized carbons (Fsp3) is 0. The van der Waals surface area contributed by atoms with Crippen molar-refractivity contribution in [2.45, 2.75) is 0 Å². The first-order valence-corrected chi connectivity index (χ1v) is 6.51. The van der Waals surface area contributed by atoms with E-state index >= 15 is 0 Å². The summed E-state index contributed by atoms with van der Waals surface area (Å²) in [6.07, 6.45) is 3.32. The van der Waals surface area contributed by atoms with Gasteiger partial charge in [0.2, 0.25) is 5.82 Å². The highest BCUT2D eigenvalue weighted by atomic mass is 15.2. The van der Waals surface area contributed by atoms with Crippen LogP contribution in [-0.2, 0) is 0 Å². The lowest BCUT2D eigenvalue weighted by Gasteiger charge is -2.24. The van der Waals surface area contributed by atoms with Gasteiger partial charge in [0.1, 0.15) is 6.07 Å². The monoisotopic (exact) mass is 272 g/mol. The molecule has 0 aliphatic rings. The Labute approximate surface area is 123 Å². The van der Waals surface area contributed by atoms with Gasteiger partial charge < -0.3 is 4.90 Å². The van der Waals surface area contributed by atoms with Crippen LogP contribution in [0.5, 0.6) is 0 Å². The van der Waals surface area contributed by atoms with E-state index in [9.17, 15) is 0 Å². The van der Waals surface area contributed by atoms with Crippen molar-refractivity contribution in [2.75, 3.05) is 4.90 Å². The van der Waals surface area contributed by atoms with Crippen LogP contribution in [0.3, 0.4) is 0 Å². The molecule has 0 N–H and O–H groups in total. The van der Waals surface area contributed by atoms with Crippen LogP contribution >= 0.6 is 0 Å². The molecule has 4 heteroatoms. The Kier molecular flexibility index (Phi) is 3.57. The van der Waals surface area contributed by atoms with Gasteiger partial charge in [-0.3, -0.25) is 0 Å². The molecule has 4 nitrogen and oxygen atoms in total. The van der Waals surface area contributed by atoms with Crippen molar-refractivity contribution < 1.29 is 0 Å². The number of nitriles is 1. The van der Waals surface area contributed by atoms with Crippen LogP contribution in [0, 0.1) is 11.3 Å².